The molecule has 0 spiro atoms. The number of aliphatic hydroxyl groups excluding tert-OH is 1. The molecule has 0 aromatic heterocycles. The van der Waals surface area contributed by atoms with E-state index in [0.29, 0.717) is 19.5 Å². The molecular formula is C17H28N2O4S. The molecule has 1 aliphatic carbocycles. The summed E-state index contributed by atoms with van der Waals surface area (Å²) in [5.41, 5.74) is 7.04. The van der Waals surface area contributed by atoms with Gasteiger partial charge in [-0.25, -0.2) is 0 Å². The Kier molecular flexibility index (Phi) is 6.77. The molecule has 0 saturated heterocycles. The fraction of sp³-hybridized carbons (Fsp3) is 0.647. The molecule has 5 N–H and O–H groups in total. The number of nitrogens with one attached hydrogen (secondary N) is 1. The van der Waals surface area contributed by atoms with Gasteiger partial charge in [-0.15, -0.1) is 0 Å². The zero-order valence-corrected chi connectivity index (χ0v) is 14.8. The first-order valence-electron chi connectivity index (χ1n) is 8.53. The van der Waals surface area contributed by atoms with Crippen molar-refractivity contribution in [2.75, 3.05) is 12.3 Å². The van der Waals surface area contributed by atoms with Crippen LogP contribution in [0.4, 0.5) is 0 Å². The molecule has 0 aliphatic heterocycles. The average Bonchev–Trinajstić information content (AvgIpc) is 2.58. The van der Waals surface area contributed by atoms with Crippen molar-refractivity contribution in [3.8, 4) is 0 Å². The Balaban J connectivity index is 2.07. The van der Waals surface area contributed by atoms with Gasteiger partial charge in [-0.05, 0) is 36.9 Å². The van der Waals surface area contributed by atoms with Gasteiger partial charge in [0.2, 0.25) is 0 Å². The van der Waals surface area contributed by atoms with Gasteiger partial charge in [0.15, 0.2) is 0 Å². The van der Waals surface area contributed by atoms with Gasteiger partial charge >= 0.3 is 0 Å². The molecule has 6 nitrogen and oxygen atoms in total. The SMILES string of the molecule is NCc1ccc(C(O)C2(NCCCS(=O)(=O)O)CCCCC2)cc1. The van der Waals surface area contributed by atoms with E-state index in [9.17, 15) is 13.5 Å². The Bertz CT molecular complexity index is 610. The molecule has 1 unspecified atom stereocenters. The fourth-order valence-corrected chi connectivity index (χ4v) is 3.99. The van der Waals surface area contributed by atoms with Crippen molar-refractivity contribution in [1.82, 2.24) is 5.32 Å². The number of hydrogen-bond donors (Lipinski definition) is 4. The molecule has 0 heterocycles. The fourth-order valence-electron chi connectivity index (χ4n) is 3.48. The first-order chi connectivity index (χ1) is 11.4. The van der Waals surface area contributed by atoms with Gasteiger partial charge in [-0.1, -0.05) is 43.5 Å². The van der Waals surface area contributed by atoms with Crippen LogP contribution in [0.1, 0.15) is 55.8 Å². The summed E-state index contributed by atoms with van der Waals surface area (Å²) >= 11 is 0. The van der Waals surface area contributed by atoms with E-state index >= 15 is 0 Å². The van der Waals surface area contributed by atoms with Crippen molar-refractivity contribution < 1.29 is 18.1 Å². The monoisotopic (exact) mass is 356 g/mol. The zero-order valence-electron chi connectivity index (χ0n) is 13.9. The summed E-state index contributed by atoms with van der Waals surface area (Å²) in [6, 6.07) is 7.66. The lowest BCUT2D eigenvalue weighted by Gasteiger charge is -2.42. The van der Waals surface area contributed by atoms with Gasteiger partial charge in [0, 0.05) is 12.1 Å². The summed E-state index contributed by atoms with van der Waals surface area (Å²) in [7, 11) is -3.94. The van der Waals surface area contributed by atoms with Crippen LogP contribution in [0.3, 0.4) is 0 Å². The first-order valence-corrected chi connectivity index (χ1v) is 10.1. The maximum atomic E-state index is 11.0. The Labute approximate surface area is 144 Å². The van der Waals surface area contributed by atoms with Gasteiger partial charge < -0.3 is 16.2 Å². The number of benzene rings is 1. The highest BCUT2D eigenvalue weighted by Gasteiger charge is 2.39. The van der Waals surface area contributed by atoms with E-state index in [-0.39, 0.29) is 5.75 Å². The highest BCUT2D eigenvalue weighted by atomic mass is 32.2. The second-order valence-electron chi connectivity index (χ2n) is 6.63. The Morgan fingerprint density at radius 3 is 2.33 bits per heavy atom. The Morgan fingerprint density at radius 1 is 1.17 bits per heavy atom. The van der Waals surface area contributed by atoms with Crippen molar-refractivity contribution in [3.63, 3.8) is 0 Å². The summed E-state index contributed by atoms with van der Waals surface area (Å²) in [5, 5.41) is 14.3. The standard InChI is InChI=1S/C17H28N2O4S/c18-13-14-5-7-15(8-6-14)16(20)17(9-2-1-3-10-17)19-11-4-12-24(21,22)23/h5-8,16,19-20H,1-4,9-13,18H2,(H,21,22,23). The van der Waals surface area contributed by atoms with Crippen LogP contribution in [0, 0.1) is 0 Å². The number of aliphatic hydroxyl groups is 1. The second-order valence-corrected chi connectivity index (χ2v) is 8.20. The van der Waals surface area contributed by atoms with Crippen molar-refractivity contribution in [1.29, 1.82) is 0 Å². The molecule has 1 aliphatic rings. The molecule has 1 aromatic carbocycles. The maximum Gasteiger partial charge on any atom is 0.264 e. The van der Waals surface area contributed by atoms with Crippen LogP contribution in [-0.4, -0.2) is 35.9 Å². The number of rotatable bonds is 8. The van der Waals surface area contributed by atoms with Crippen LogP contribution in [0.25, 0.3) is 0 Å². The maximum absolute atomic E-state index is 11.0. The van der Waals surface area contributed by atoms with Crippen molar-refractivity contribution in [2.24, 2.45) is 5.73 Å². The van der Waals surface area contributed by atoms with E-state index in [4.69, 9.17) is 10.3 Å². The quantitative estimate of drug-likeness (QED) is 0.417. The predicted octanol–water partition coefficient (Wildman–Crippen LogP) is 1.75. The van der Waals surface area contributed by atoms with E-state index in [1.165, 1.54) is 0 Å². The van der Waals surface area contributed by atoms with Crippen LogP contribution < -0.4 is 11.1 Å². The lowest BCUT2D eigenvalue weighted by atomic mass is 9.75. The summed E-state index contributed by atoms with van der Waals surface area (Å²) in [6.45, 7) is 0.910. The van der Waals surface area contributed by atoms with E-state index in [1.807, 2.05) is 24.3 Å². The third kappa shape index (κ3) is 5.26. The van der Waals surface area contributed by atoms with Crippen molar-refractivity contribution >= 4 is 10.1 Å². The summed E-state index contributed by atoms with van der Waals surface area (Å²) in [5.74, 6) is -0.266. The minimum absolute atomic E-state index is 0.266. The molecule has 7 heteroatoms. The number of nitrogens with two attached hydrogens (primary N) is 1. The van der Waals surface area contributed by atoms with E-state index in [1.54, 1.807) is 0 Å². The van der Waals surface area contributed by atoms with E-state index in [2.05, 4.69) is 5.32 Å². The lowest BCUT2D eigenvalue weighted by molar-refractivity contribution is 0.0322. The average molecular weight is 356 g/mol. The molecule has 136 valence electrons. The molecule has 2 rings (SSSR count). The molecule has 1 aromatic rings. The zero-order chi connectivity index (χ0) is 17.6. The van der Waals surface area contributed by atoms with E-state index < -0.39 is 21.8 Å². The third-order valence-electron chi connectivity index (χ3n) is 4.86. The molecule has 1 atom stereocenters. The number of hydrogen-bond acceptors (Lipinski definition) is 5. The second kappa shape index (κ2) is 8.40. The van der Waals surface area contributed by atoms with Gasteiger partial charge in [0.05, 0.1) is 11.9 Å². The van der Waals surface area contributed by atoms with Crippen molar-refractivity contribution in [2.45, 2.75) is 56.7 Å². The largest absolute Gasteiger partial charge is 0.386 e. The molecular weight excluding hydrogens is 328 g/mol. The smallest absolute Gasteiger partial charge is 0.264 e. The summed E-state index contributed by atoms with van der Waals surface area (Å²) in [6.07, 6.45) is 4.56. The Hall–Kier alpha value is -0.990. The molecule has 1 fully saturated rings. The lowest BCUT2D eigenvalue weighted by Crippen LogP contribution is -2.52. The van der Waals surface area contributed by atoms with Gasteiger partial charge in [-0.3, -0.25) is 4.55 Å². The Morgan fingerprint density at radius 2 is 1.79 bits per heavy atom. The minimum Gasteiger partial charge on any atom is -0.386 e. The summed E-state index contributed by atoms with van der Waals surface area (Å²) in [4.78, 5) is 0. The summed E-state index contributed by atoms with van der Waals surface area (Å²) < 4.78 is 30.5. The van der Waals surface area contributed by atoms with Crippen molar-refractivity contribution in [3.05, 3.63) is 35.4 Å². The molecule has 0 bridgehead atoms. The highest BCUT2D eigenvalue weighted by Crippen LogP contribution is 2.38. The third-order valence-corrected chi connectivity index (χ3v) is 5.66. The molecule has 0 radical (unpaired) electrons. The van der Waals surface area contributed by atoms with Crippen LogP contribution in [0.2, 0.25) is 0 Å². The molecule has 24 heavy (non-hydrogen) atoms. The highest BCUT2D eigenvalue weighted by molar-refractivity contribution is 7.85. The minimum atomic E-state index is -3.94. The van der Waals surface area contributed by atoms with Crippen LogP contribution in [0.15, 0.2) is 24.3 Å². The predicted molar refractivity (Wildman–Crippen MR) is 94.1 cm³/mol. The molecule has 0 amide bonds. The first kappa shape index (κ1) is 19.3. The van der Waals surface area contributed by atoms with Gasteiger partial charge in [0.1, 0.15) is 0 Å². The van der Waals surface area contributed by atoms with E-state index in [0.717, 1.165) is 43.2 Å². The topological polar surface area (TPSA) is 113 Å². The molecule has 1 saturated carbocycles. The van der Waals surface area contributed by atoms with Crippen LogP contribution in [-0.2, 0) is 16.7 Å². The van der Waals surface area contributed by atoms with Crippen LogP contribution >= 0.6 is 0 Å². The van der Waals surface area contributed by atoms with Gasteiger partial charge in [-0.2, -0.15) is 8.42 Å². The van der Waals surface area contributed by atoms with Crippen LogP contribution in [0.5, 0.6) is 0 Å². The normalized spacial score (nSPS) is 19.1. The van der Waals surface area contributed by atoms with Gasteiger partial charge in [0.25, 0.3) is 10.1 Å².